The Bertz CT molecular complexity index is 931. The van der Waals surface area contributed by atoms with E-state index in [0.717, 1.165) is 46.8 Å². The molecule has 1 atom stereocenters. The number of hydrogen-bond acceptors (Lipinski definition) is 4. The van der Waals surface area contributed by atoms with Crippen LogP contribution in [-0.2, 0) is 11.8 Å². The average Bonchev–Trinajstić information content (AvgIpc) is 3.23. The van der Waals surface area contributed by atoms with Crippen LogP contribution in [0.15, 0.2) is 35.6 Å². The molecule has 0 radical (unpaired) electrons. The fourth-order valence-electron chi connectivity index (χ4n) is 3.61. The van der Waals surface area contributed by atoms with Gasteiger partial charge in [-0.15, -0.1) is 10.2 Å². The maximum atomic E-state index is 12.5. The minimum Gasteiger partial charge on any atom is -0.360 e. The van der Waals surface area contributed by atoms with Crippen molar-refractivity contribution in [2.24, 2.45) is 7.05 Å². The number of para-hydroxylation sites is 1. The maximum Gasteiger partial charge on any atom is 0.233 e. The zero-order valence-electron chi connectivity index (χ0n) is 15.1. The number of carbonyl (C=O) groups excluding carboxylic acids is 1. The van der Waals surface area contributed by atoms with Crippen LogP contribution < -0.4 is 0 Å². The minimum atomic E-state index is 0.193. The SMILES string of the molecule is CC1CCCCN1C(=O)CSc1nnc(-c2c[nH]c3ccccc23)n1C. The summed E-state index contributed by atoms with van der Waals surface area (Å²) in [5.74, 6) is 1.41. The molecule has 1 aliphatic heterocycles. The molecule has 0 bridgehead atoms. The van der Waals surface area contributed by atoms with Crippen LogP contribution in [0.5, 0.6) is 0 Å². The van der Waals surface area contributed by atoms with Crippen LogP contribution in [0.3, 0.4) is 0 Å². The summed E-state index contributed by atoms with van der Waals surface area (Å²) >= 11 is 1.46. The summed E-state index contributed by atoms with van der Waals surface area (Å²) in [7, 11) is 1.95. The summed E-state index contributed by atoms with van der Waals surface area (Å²) < 4.78 is 1.97. The zero-order valence-corrected chi connectivity index (χ0v) is 15.9. The Morgan fingerprint density at radius 2 is 2.15 bits per heavy atom. The molecule has 3 aromatic rings. The van der Waals surface area contributed by atoms with Crippen LogP contribution in [0.25, 0.3) is 22.3 Å². The molecule has 6 nitrogen and oxygen atoms in total. The lowest BCUT2D eigenvalue weighted by Gasteiger charge is -2.33. The third-order valence-electron chi connectivity index (χ3n) is 5.11. The Labute approximate surface area is 157 Å². The third-order valence-corrected chi connectivity index (χ3v) is 6.12. The van der Waals surface area contributed by atoms with Crippen molar-refractivity contribution in [3.63, 3.8) is 0 Å². The number of rotatable bonds is 4. The molecule has 1 N–H and O–H groups in total. The van der Waals surface area contributed by atoms with Crippen molar-refractivity contribution < 1.29 is 4.79 Å². The van der Waals surface area contributed by atoms with Gasteiger partial charge in [-0.25, -0.2) is 0 Å². The summed E-state index contributed by atoms with van der Waals surface area (Å²) in [6.45, 7) is 3.01. The molecular weight excluding hydrogens is 346 g/mol. The number of likely N-dealkylation sites (tertiary alicyclic amines) is 1. The number of fused-ring (bicyclic) bond motifs is 1. The first-order chi connectivity index (χ1) is 12.6. The number of piperidine rings is 1. The topological polar surface area (TPSA) is 66.8 Å². The lowest BCUT2D eigenvalue weighted by Crippen LogP contribution is -2.42. The van der Waals surface area contributed by atoms with E-state index in [4.69, 9.17) is 0 Å². The summed E-state index contributed by atoms with van der Waals surface area (Å²) in [6.07, 6.45) is 5.39. The molecule has 1 aliphatic rings. The first-order valence-electron chi connectivity index (χ1n) is 9.03. The fourth-order valence-corrected chi connectivity index (χ4v) is 4.41. The number of benzene rings is 1. The van der Waals surface area contributed by atoms with Gasteiger partial charge in [0.15, 0.2) is 11.0 Å². The number of carbonyl (C=O) groups is 1. The van der Waals surface area contributed by atoms with E-state index in [1.807, 2.05) is 40.9 Å². The van der Waals surface area contributed by atoms with Gasteiger partial charge < -0.3 is 14.5 Å². The highest BCUT2D eigenvalue weighted by Gasteiger charge is 2.24. The maximum absolute atomic E-state index is 12.5. The Balaban J connectivity index is 1.50. The van der Waals surface area contributed by atoms with Crippen molar-refractivity contribution in [2.45, 2.75) is 37.4 Å². The molecule has 1 saturated heterocycles. The van der Waals surface area contributed by atoms with E-state index in [1.165, 1.54) is 18.2 Å². The average molecular weight is 369 g/mol. The van der Waals surface area contributed by atoms with Crippen LogP contribution in [0.2, 0.25) is 0 Å². The third kappa shape index (κ3) is 3.11. The lowest BCUT2D eigenvalue weighted by atomic mass is 10.0. The van der Waals surface area contributed by atoms with Crippen molar-refractivity contribution >= 4 is 28.6 Å². The molecular formula is C19H23N5OS. The Morgan fingerprint density at radius 1 is 1.31 bits per heavy atom. The molecule has 4 rings (SSSR count). The number of hydrogen-bond donors (Lipinski definition) is 1. The predicted molar refractivity (Wildman–Crippen MR) is 104 cm³/mol. The van der Waals surface area contributed by atoms with Gasteiger partial charge in [0.1, 0.15) is 0 Å². The van der Waals surface area contributed by atoms with Gasteiger partial charge in [0, 0.05) is 42.3 Å². The lowest BCUT2D eigenvalue weighted by molar-refractivity contribution is -0.131. The molecule has 1 unspecified atom stereocenters. The number of aromatic amines is 1. The van der Waals surface area contributed by atoms with E-state index in [9.17, 15) is 4.79 Å². The molecule has 7 heteroatoms. The molecule has 2 aromatic heterocycles. The molecule has 136 valence electrons. The van der Waals surface area contributed by atoms with E-state index >= 15 is 0 Å². The Hall–Kier alpha value is -2.28. The quantitative estimate of drug-likeness (QED) is 0.715. The highest BCUT2D eigenvalue weighted by molar-refractivity contribution is 7.99. The van der Waals surface area contributed by atoms with Gasteiger partial charge >= 0.3 is 0 Å². The fraction of sp³-hybridized carbons (Fsp3) is 0.421. The standard InChI is InChI=1S/C19H23N5OS/c1-13-7-5-6-10-24(13)17(25)12-26-19-22-21-18(23(19)2)15-11-20-16-9-4-3-8-14(15)16/h3-4,8-9,11,13,20H,5-7,10,12H2,1-2H3. The van der Waals surface area contributed by atoms with Crippen molar-refractivity contribution in [1.82, 2.24) is 24.6 Å². The van der Waals surface area contributed by atoms with E-state index in [0.29, 0.717) is 11.8 Å². The van der Waals surface area contributed by atoms with E-state index in [1.54, 1.807) is 0 Å². The molecule has 0 spiro atoms. The predicted octanol–water partition coefficient (Wildman–Crippen LogP) is 3.46. The molecule has 0 saturated carbocycles. The number of H-pyrrole nitrogens is 1. The van der Waals surface area contributed by atoms with Crippen LogP contribution >= 0.6 is 11.8 Å². The molecule has 0 aliphatic carbocycles. The van der Waals surface area contributed by atoms with Crippen molar-refractivity contribution in [2.75, 3.05) is 12.3 Å². The Morgan fingerprint density at radius 3 is 3.00 bits per heavy atom. The first kappa shape index (κ1) is 17.1. The van der Waals surface area contributed by atoms with Crippen LogP contribution in [0.4, 0.5) is 0 Å². The van der Waals surface area contributed by atoms with Gasteiger partial charge in [0.25, 0.3) is 0 Å². The summed E-state index contributed by atoms with van der Waals surface area (Å²) in [4.78, 5) is 17.8. The second-order valence-corrected chi connectivity index (χ2v) is 7.78. The number of nitrogens with one attached hydrogen (secondary N) is 1. The van der Waals surface area contributed by atoms with Gasteiger partial charge in [0.05, 0.1) is 5.75 Å². The Kier molecular flexibility index (Phi) is 4.72. The van der Waals surface area contributed by atoms with Gasteiger partial charge in [-0.2, -0.15) is 0 Å². The minimum absolute atomic E-state index is 0.193. The highest BCUT2D eigenvalue weighted by Crippen LogP contribution is 2.29. The van der Waals surface area contributed by atoms with Crippen molar-refractivity contribution in [1.29, 1.82) is 0 Å². The van der Waals surface area contributed by atoms with Crippen LogP contribution in [0.1, 0.15) is 26.2 Å². The summed E-state index contributed by atoms with van der Waals surface area (Å²) in [5, 5.41) is 10.6. The zero-order chi connectivity index (χ0) is 18.1. The number of amides is 1. The van der Waals surface area contributed by atoms with Crippen LogP contribution in [-0.4, -0.2) is 48.9 Å². The van der Waals surface area contributed by atoms with E-state index in [2.05, 4.69) is 28.2 Å². The normalized spacial score (nSPS) is 17.8. The number of nitrogens with zero attached hydrogens (tertiary/aromatic N) is 4. The molecule has 1 fully saturated rings. The summed E-state index contributed by atoms with van der Waals surface area (Å²) in [6, 6.07) is 8.49. The summed E-state index contributed by atoms with van der Waals surface area (Å²) in [5.41, 5.74) is 2.10. The van der Waals surface area contributed by atoms with Crippen molar-refractivity contribution in [3.8, 4) is 11.4 Å². The second-order valence-electron chi connectivity index (χ2n) is 6.83. The van der Waals surface area contributed by atoms with Gasteiger partial charge in [0.2, 0.25) is 5.91 Å². The smallest absolute Gasteiger partial charge is 0.233 e. The van der Waals surface area contributed by atoms with Gasteiger partial charge in [-0.05, 0) is 32.3 Å². The van der Waals surface area contributed by atoms with Crippen molar-refractivity contribution in [3.05, 3.63) is 30.5 Å². The molecule has 1 amide bonds. The molecule has 26 heavy (non-hydrogen) atoms. The first-order valence-corrected chi connectivity index (χ1v) is 10.0. The molecule has 3 heterocycles. The van der Waals surface area contributed by atoms with Gasteiger partial charge in [-0.3, -0.25) is 4.79 Å². The van der Waals surface area contributed by atoms with E-state index < -0.39 is 0 Å². The van der Waals surface area contributed by atoms with Gasteiger partial charge in [-0.1, -0.05) is 30.0 Å². The molecule has 1 aromatic carbocycles. The van der Waals surface area contributed by atoms with Crippen LogP contribution in [0, 0.1) is 0 Å². The number of aromatic nitrogens is 4. The second kappa shape index (κ2) is 7.15. The highest BCUT2D eigenvalue weighted by atomic mass is 32.2. The monoisotopic (exact) mass is 369 g/mol. The largest absolute Gasteiger partial charge is 0.360 e. The van der Waals surface area contributed by atoms with E-state index in [-0.39, 0.29) is 5.91 Å². The number of thioether (sulfide) groups is 1.